The molecule has 0 atom stereocenters. The number of hydrogen-bond acceptors (Lipinski definition) is 3. The van der Waals surface area contributed by atoms with Crippen LogP contribution in [0.25, 0.3) is 0 Å². The minimum Gasteiger partial charge on any atom is -0.494 e. The summed E-state index contributed by atoms with van der Waals surface area (Å²) in [6.45, 7) is 6.52. The highest BCUT2D eigenvalue weighted by atomic mass is 16.6. The van der Waals surface area contributed by atoms with Gasteiger partial charge in [0.25, 0.3) is 0 Å². The first-order valence-electron chi connectivity index (χ1n) is 7.79. The molecule has 0 saturated carbocycles. The summed E-state index contributed by atoms with van der Waals surface area (Å²) in [4.78, 5) is 0. The summed E-state index contributed by atoms with van der Waals surface area (Å²) in [6, 6.07) is 7.98. The molecule has 0 radical (unpaired) electrons. The fourth-order valence-electron chi connectivity index (χ4n) is 2.47. The van der Waals surface area contributed by atoms with E-state index in [1.165, 1.54) is 25.7 Å². The fourth-order valence-corrected chi connectivity index (χ4v) is 2.47. The third-order valence-electron chi connectivity index (χ3n) is 3.65. The smallest absolute Gasteiger partial charge is 0.493 e. The van der Waals surface area contributed by atoms with Crippen LogP contribution in [0.5, 0.6) is 5.75 Å². The van der Waals surface area contributed by atoms with Gasteiger partial charge in [-0.05, 0) is 30.9 Å². The first-order chi connectivity index (χ1) is 9.83. The maximum absolute atomic E-state index is 5.84. The lowest BCUT2D eigenvalue weighted by atomic mass is 9.77. The highest BCUT2D eigenvalue weighted by Gasteiger charge is 2.28. The monoisotopic (exact) mass is 276 g/mol. The van der Waals surface area contributed by atoms with Gasteiger partial charge in [0.15, 0.2) is 0 Å². The quantitative estimate of drug-likeness (QED) is 0.566. The predicted molar refractivity (Wildman–Crippen MR) is 82.5 cm³/mol. The van der Waals surface area contributed by atoms with Crippen molar-refractivity contribution in [2.24, 2.45) is 5.92 Å². The van der Waals surface area contributed by atoms with Gasteiger partial charge in [-0.2, -0.15) is 0 Å². The Balaban J connectivity index is 1.78. The van der Waals surface area contributed by atoms with Gasteiger partial charge in [0.1, 0.15) is 5.75 Å². The second kappa shape index (κ2) is 8.33. The summed E-state index contributed by atoms with van der Waals surface area (Å²) < 4.78 is 17.1. The van der Waals surface area contributed by atoms with E-state index in [2.05, 4.69) is 6.92 Å². The van der Waals surface area contributed by atoms with Crippen molar-refractivity contribution in [3.05, 3.63) is 24.3 Å². The SMILES string of the molecule is CCCCCC1COB(c2ccc(OCC)cc2)OC1. The van der Waals surface area contributed by atoms with Crippen molar-refractivity contribution in [2.75, 3.05) is 19.8 Å². The summed E-state index contributed by atoms with van der Waals surface area (Å²) in [5, 5.41) is 0. The van der Waals surface area contributed by atoms with Gasteiger partial charge in [0, 0.05) is 19.1 Å². The van der Waals surface area contributed by atoms with E-state index in [0.717, 1.165) is 24.4 Å². The molecule has 0 N–H and O–H groups in total. The zero-order valence-electron chi connectivity index (χ0n) is 12.6. The summed E-state index contributed by atoms with van der Waals surface area (Å²) in [7, 11) is -0.215. The van der Waals surface area contributed by atoms with Crippen LogP contribution in [0.1, 0.15) is 39.5 Å². The van der Waals surface area contributed by atoms with Crippen molar-refractivity contribution in [1.82, 2.24) is 0 Å². The van der Waals surface area contributed by atoms with Crippen LogP contribution >= 0.6 is 0 Å². The lowest BCUT2D eigenvalue weighted by Gasteiger charge is -2.27. The summed E-state index contributed by atoms with van der Waals surface area (Å²) in [5.41, 5.74) is 1.07. The van der Waals surface area contributed by atoms with Gasteiger partial charge in [0.05, 0.1) is 6.61 Å². The molecule has 20 heavy (non-hydrogen) atoms. The summed E-state index contributed by atoms with van der Waals surface area (Å²) in [6.07, 6.45) is 5.06. The van der Waals surface area contributed by atoms with Crippen molar-refractivity contribution in [3.8, 4) is 5.75 Å². The van der Waals surface area contributed by atoms with Gasteiger partial charge < -0.3 is 14.0 Å². The molecule has 3 nitrogen and oxygen atoms in total. The standard InChI is InChI=1S/C16H25BO3/c1-3-5-6-7-14-12-19-17(20-13-14)15-8-10-16(11-9-15)18-4-2/h8-11,14H,3-7,12-13H2,1-2H3. The van der Waals surface area contributed by atoms with E-state index in [1.807, 2.05) is 31.2 Å². The maximum atomic E-state index is 5.84. The third-order valence-corrected chi connectivity index (χ3v) is 3.65. The maximum Gasteiger partial charge on any atom is 0.493 e. The molecule has 110 valence electrons. The highest BCUT2D eigenvalue weighted by molar-refractivity contribution is 6.61. The van der Waals surface area contributed by atoms with Gasteiger partial charge in [0.2, 0.25) is 0 Å². The minimum absolute atomic E-state index is 0.215. The Morgan fingerprint density at radius 3 is 2.40 bits per heavy atom. The van der Waals surface area contributed by atoms with E-state index < -0.39 is 0 Å². The van der Waals surface area contributed by atoms with E-state index in [9.17, 15) is 0 Å². The van der Waals surface area contributed by atoms with Crippen molar-refractivity contribution in [1.29, 1.82) is 0 Å². The Morgan fingerprint density at radius 1 is 1.10 bits per heavy atom. The van der Waals surface area contributed by atoms with Crippen LogP contribution in [0, 0.1) is 5.92 Å². The summed E-state index contributed by atoms with van der Waals surface area (Å²) in [5.74, 6) is 1.45. The van der Waals surface area contributed by atoms with Crippen LogP contribution in [0.2, 0.25) is 0 Å². The topological polar surface area (TPSA) is 27.7 Å². The molecular weight excluding hydrogens is 251 g/mol. The molecule has 0 spiro atoms. The zero-order chi connectivity index (χ0) is 14.2. The lowest BCUT2D eigenvalue weighted by Crippen LogP contribution is -2.44. The zero-order valence-corrected chi connectivity index (χ0v) is 12.6. The van der Waals surface area contributed by atoms with Crippen LogP contribution in [0.3, 0.4) is 0 Å². The molecule has 1 fully saturated rings. The molecule has 1 aromatic carbocycles. The van der Waals surface area contributed by atoms with Crippen molar-refractivity contribution >= 4 is 12.6 Å². The minimum atomic E-state index is -0.215. The largest absolute Gasteiger partial charge is 0.494 e. The highest BCUT2D eigenvalue weighted by Crippen LogP contribution is 2.17. The molecule has 1 aliphatic rings. The van der Waals surface area contributed by atoms with Gasteiger partial charge >= 0.3 is 7.12 Å². The Morgan fingerprint density at radius 2 is 1.80 bits per heavy atom. The van der Waals surface area contributed by atoms with E-state index in [0.29, 0.717) is 12.5 Å². The van der Waals surface area contributed by atoms with Gasteiger partial charge in [-0.1, -0.05) is 38.3 Å². The molecular formula is C16H25BO3. The summed E-state index contributed by atoms with van der Waals surface area (Å²) >= 11 is 0. The van der Waals surface area contributed by atoms with Crippen molar-refractivity contribution in [2.45, 2.75) is 39.5 Å². The molecule has 0 amide bonds. The Kier molecular flexibility index (Phi) is 6.41. The fraction of sp³-hybridized carbons (Fsp3) is 0.625. The van der Waals surface area contributed by atoms with E-state index in [-0.39, 0.29) is 7.12 Å². The van der Waals surface area contributed by atoms with Crippen LogP contribution in [0.15, 0.2) is 24.3 Å². The van der Waals surface area contributed by atoms with E-state index >= 15 is 0 Å². The second-order valence-electron chi connectivity index (χ2n) is 5.36. The molecule has 1 heterocycles. The number of ether oxygens (including phenoxy) is 1. The molecule has 4 heteroatoms. The molecule has 1 aromatic rings. The number of benzene rings is 1. The van der Waals surface area contributed by atoms with Gasteiger partial charge in [-0.3, -0.25) is 0 Å². The third kappa shape index (κ3) is 4.53. The van der Waals surface area contributed by atoms with E-state index in [1.54, 1.807) is 0 Å². The Bertz CT molecular complexity index is 372. The number of unbranched alkanes of at least 4 members (excludes halogenated alkanes) is 2. The first-order valence-corrected chi connectivity index (χ1v) is 7.79. The molecule has 1 aliphatic heterocycles. The second-order valence-corrected chi connectivity index (χ2v) is 5.36. The molecule has 0 unspecified atom stereocenters. The average Bonchev–Trinajstić information content (AvgIpc) is 2.49. The van der Waals surface area contributed by atoms with Crippen LogP contribution in [-0.2, 0) is 9.31 Å². The molecule has 0 bridgehead atoms. The van der Waals surface area contributed by atoms with Gasteiger partial charge in [-0.25, -0.2) is 0 Å². The Labute approximate surface area is 122 Å². The van der Waals surface area contributed by atoms with Crippen LogP contribution < -0.4 is 10.2 Å². The number of rotatable bonds is 7. The Hall–Kier alpha value is -0.995. The molecule has 1 saturated heterocycles. The average molecular weight is 276 g/mol. The number of hydrogen-bond donors (Lipinski definition) is 0. The molecule has 2 rings (SSSR count). The normalized spacial score (nSPS) is 16.4. The van der Waals surface area contributed by atoms with Crippen LogP contribution in [0.4, 0.5) is 0 Å². The van der Waals surface area contributed by atoms with Gasteiger partial charge in [-0.15, -0.1) is 0 Å². The molecule has 0 aromatic heterocycles. The first kappa shape index (κ1) is 15.4. The van der Waals surface area contributed by atoms with Crippen molar-refractivity contribution < 1.29 is 14.0 Å². The molecule has 0 aliphatic carbocycles. The van der Waals surface area contributed by atoms with Crippen molar-refractivity contribution in [3.63, 3.8) is 0 Å². The van der Waals surface area contributed by atoms with Crippen LogP contribution in [-0.4, -0.2) is 26.9 Å². The predicted octanol–water partition coefficient (Wildman–Crippen LogP) is 3.02. The van der Waals surface area contributed by atoms with E-state index in [4.69, 9.17) is 14.0 Å². The lowest BCUT2D eigenvalue weighted by molar-refractivity contribution is 0.0811.